The second kappa shape index (κ2) is 7.01. The molecule has 0 radical (unpaired) electrons. The molecule has 4 nitrogen and oxygen atoms in total. The van der Waals surface area contributed by atoms with Crippen molar-refractivity contribution in [2.75, 3.05) is 30.9 Å². The molecule has 1 aromatic rings. The average molecular weight is 288 g/mol. The molecule has 102 valence electrons. The zero-order valence-corrected chi connectivity index (χ0v) is 12.6. The number of rotatable bonds is 7. The Morgan fingerprint density at radius 2 is 1.89 bits per heavy atom. The lowest BCUT2D eigenvalue weighted by molar-refractivity contribution is 0.562. The van der Waals surface area contributed by atoms with Crippen LogP contribution in [0.15, 0.2) is 29.2 Å². The molecule has 0 aliphatic carbocycles. The molecule has 0 aromatic heterocycles. The van der Waals surface area contributed by atoms with Crippen LogP contribution in [0.2, 0.25) is 0 Å². The van der Waals surface area contributed by atoms with Crippen LogP contribution >= 0.6 is 11.8 Å². The van der Waals surface area contributed by atoms with Crippen LogP contribution in [-0.2, 0) is 10.0 Å². The molecule has 0 aliphatic rings. The first-order chi connectivity index (χ1) is 8.49. The van der Waals surface area contributed by atoms with Gasteiger partial charge in [0.15, 0.2) is 0 Å². The molecule has 1 rings (SSSR count). The number of thioether (sulfide) groups is 1. The highest BCUT2D eigenvalue weighted by Crippen LogP contribution is 2.13. The first-order valence-corrected chi connectivity index (χ1v) is 8.63. The third-order valence-electron chi connectivity index (χ3n) is 2.53. The van der Waals surface area contributed by atoms with Gasteiger partial charge in [-0.05, 0) is 42.2 Å². The van der Waals surface area contributed by atoms with Gasteiger partial charge in [0.2, 0.25) is 10.0 Å². The fourth-order valence-electron chi connectivity index (χ4n) is 1.48. The Hall–Kier alpha value is -0.720. The molecule has 18 heavy (non-hydrogen) atoms. The Labute approximate surface area is 114 Å². The quantitative estimate of drug-likeness (QED) is 0.806. The molecule has 2 N–H and O–H groups in total. The minimum atomic E-state index is -3.39. The first kappa shape index (κ1) is 15.3. The van der Waals surface area contributed by atoms with E-state index in [1.165, 1.54) is 0 Å². The number of benzene rings is 1. The van der Waals surface area contributed by atoms with E-state index in [1.807, 2.05) is 13.2 Å². The third kappa shape index (κ3) is 4.51. The van der Waals surface area contributed by atoms with E-state index in [1.54, 1.807) is 43.1 Å². The molecule has 0 spiro atoms. The molecular formula is C12H20N2O2S2. The highest BCUT2D eigenvalue weighted by molar-refractivity contribution is 7.98. The van der Waals surface area contributed by atoms with Crippen molar-refractivity contribution in [3.05, 3.63) is 24.3 Å². The zero-order chi connectivity index (χ0) is 13.6. The summed E-state index contributed by atoms with van der Waals surface area (Å²) in [5, 5.41) is 2.95. The fourth-order valence-corrected chi connectivity index (χ4v) is 3.33. The van der Waals surface area contributed by atoms with Crippen LogP contribution in [0.1, 0.15) is 6.92 Å². The molecule has 0 amide bonds. The molecular weight excluding hydrogens is 268 g/mol. The van der Waals surface area contributed by atoms with E-state index >= 15 is 0 Å². The maximum absolute atomic E-state index is 12.0. The van der Waals surface area contributed by atoms with Crippen molar-refractivity contribution in [2.24, 2.45) is 5.92 Å². The second-order valence-corrected chi connectivity index (χ2v) is 6.86. The second-order valence-electron chi connectivity index (χ2n) is 4.19. The Bertz CT molecular complexity index is 457. The van der Waals surface area contributed by atoms with Gasteiger partial charge in [-0.15, -0.1) is 0 Å². The van der Waals surface area contributed by atoms with Gasteiger partial charge in [0.25, 0.3) is 0 Å². The molecule has 0 fully saturated rings. The van der Waals surface area contributed by atoms with Crippen molar-refractivity contribution >= 4 is 27.5 Å². The van der Waals surface area contributed by atoms with E-state index in [-0.39, 0.29) is 0 Å². The zero-order valence-electron chi connectivity index (χ0n) is 10.9. The smallest absolute Gasteiger partial charge is 0.240 e. The van der Waals surface area contributed by atoms with Crippen molar-refractivity contribution < 1.29 is 8.42 Å². The highest BCUT2D eigenvalue weighted by atomic mass is 32.2. The molecule has 0 saturated carbocycles. The van der Waals surface area contributed by atoms with Crippen LogP contribution in [0.3, 0.4) is 0 Å². The Kier molecular flexibility index (Phi) is 5.98. The van der Waals surface area contributed by atoms with Gasteiger partial charge in [-0.25, -0.2) is 13.1 Å². The predicted molar refractivity (Wildman–Crippen MR) is 78.7 cm³/mol. The van der Waals surface area contributed by atoms with Crippen molar-refractivity contribution in [2.45, 2.75) is 11.8 Å². The third-order valence-corrected chi connectivity index (χ3v) is 4.87. The highest BCUT2D eigenvalue weighted by Gasteiger charge is 2.14. The summed E-state index contributed by atoms with van der Waals surface area (Å²) in [7, 11) is -1.59. The van der Waals surface area contributed by atoms with Crippen molar-refractivity contribution in [1.29, 1.82) is 0 Å². The van der Waals surface area contributed by atoms with Crippen LogP contribution in [0.5, 0.6) is 0 Å². The number of hydrogen-bond donors (Lipinski definition) is 2. The van der Waals surface area contributed by atoms with Gasteiger partial charge in [0.1, 0.15) is 0 Å². The number of sulfonamides is 1. The molecule has 1 atom stereocenters. The van der Waals surface area contributed by atoms with Crippen LogP contribution in [0.25, 0.3) is 0 Å². The van der Waals surface area contributed by atoms with E-state index in [0.717, 1.165) is 11.4 Å². The van der Waals surface area contributed by atoms with E-state index < -0.39 is 10.0 Å². The van der Waals surface area contributed by atoms with Crippen LogP contribution in [0, 0.1) is 5.92 Å². The number of nitrogens with one attached hydrogen (secondary N) is 2. The Balaban J connectivity index is 2.67. The lowest BCUT2D eigenvalue weighted by Gasteiger charge is -2.12. The minimum Gasteiger partial charge on any atom is -0.388 e. The molecule has 0 bridgehead atoms. The molecule has 1 unspecified atom stereocenters. The summed E-state index contributed by atoms with van der Waals surface area (Å²) >= 11 is 1.72. The average Bonchev–Trinajstić information content (AvgIpc) is 2.37. The summed E-state index contributed by atoms with van der Waals surface area (Å²) in [6.45, 7) is 2.50. The molecule has 0 aliphatic heterocycles. The number of hydrogen-bond acceptors (Lipinski definition) is 4. The van der Waals surface area contributed by atoms with Crippen LogP contribution < -0.4 is 10.0 Å². The maximum Gasteiger partial charge on any atom is 0.240 e. The van der Waals surface area contributed by atoms with Crippen molar-refractivity contribution in [3.8, 4) is 0 Å². The predicted octanol–water partition coefficient (Wildman–Crippen LogP) is 2.01. The van der Waals surface area contributed by atoms with Crippen molar-refractivity contribution in [1.82, 2.24) is 4.72 Å². The maximum atomic E-state index is 12.0. The van der Waals surface area contributed by atoms with Crippen molar-refractivity contribution in [3.63, 3.8) is 0 Å². The topological polar surface area (TPSA) is 58.2 Å². The van der Waals surface area contributed by atoms with Crippen LogP contribution in [-0.4, -0.2) is 34.0 Å². The monoisotopic (exact) mass is 288 g/mol. The Morgan fingerprint density at radius 3 is 2.39 bits per heavy atom. The van der Waals surface area contributed by atoms with E-state index in [2.05, 4.69) is 10.0 Å². The Morgan fingerprint density at radius 1 is 1.28 bits per heavy atom. The van der Waals surface area contributed by atoms with Gasteiger partial charge < -0.3 is 5.32 Å². The van der Waals surface area contributed by atoms with Gasteiger partial charge in [-0.2, -0.15) is 11.8 Å². The molecule has 0 saturated heterocycles. The summed E-state index contributed by atoms with van der Waals surface area (Å²) in [4.78, 5) is 0.304. The summed E-state index contributed by atoms with van der Waals surface area (Å²) in [6.07, 6.45) is 2.02. The standard InChI is InChI=1S/C12H20N2O2S2/c1-10(9-17-3)8-14-18(15,16)12-6-4-11(13-2)5-7-12/h4-7,10,13-14H,8-9H2,1-3H3. The van der Waals surface area contributed by atoms with E-state index in [9.17, 15) is 8.42 Å². The number of anilines is 1. The molecule has 1 aromatic carbocycles. The summed E-state index contributed by atoms with van der Waals surface area (Å²) in [6, 6.07) is 6.71. The van der Waals surface area contributed by atoms with E-state index in [4.69, 9.17) is 0 Å². The largest absolute Gasteiger partial charge is 0.388 e. The van der Waals surface area contributed by atoms with Crippen LogP contribution in [0.4, 0.5) is 5.69 Å². The summed E-state index contributed by atoms with van der Waals surface area (Å²) in [5.74, 6) is 1.27. The van der Waals surface area contributed by atoms with Gasteiger partial charge >= 0.3 is 0 Å². The normalized spacial score (nSPS) is 13.3. The van der Waals surface area contributed by atoms with Gasteiger partial charge in [-0.3, -0.25) is 0 Å². The minimum absolute atomic E-state index is 0.304. The van der Waals surface area contributed by atoms with Gasteiger partial charge in [-0.1, -0.05) is 6.92 Å². The molecule has 0 heterocycles. The SMILES string of the molecule is CNc1ccc(S(=O)(=O)NCC(C)CSC)cc1. The first-order valence-electron chi connectivity index (χ1n) is 5.76. The summed E-state index contributed by atoms with van der Waals surface area (Å²) < 4.78 is 26.6. The van der Waals surface area contributed by atoms with Gasteiger partial charge in [0, 0.05) is 19.3 Å². The lowest BCUT2D eigenvalue weighted by atomic mass is 10.2. The molecule has 6 heteroatoms. The summed E-state index contributed by atoms with van der Waals surface area (Å²) in [5.41, 5.74) is 0.893. The van der Waals surface area contributed by atoms with E-state index in [0.29, 0.717) is 17.4 Å². The fraction of sp³-hybridized carbons (Fsp3) is 0.500. The lowest BCUT2D eigenvalue weighted by Crippen LogP contribution is -2.29. The van der Waals surface area contributed by atoms with Gasteiger partial charge in [0.05, 0.1) is 4.90 Å².